The summed E-state index contributed by atoms with van der Waals surface area (Å²) in [5.74, 6) is -0.173. The lowest BCUT2D eigenvalue weighted by Crippen LogP contribution is -2.26. The van der Waals surface area contributed by atoms with Crippen LogP contribution in [0.4, 0.5) is 0 Å². The first-order valence-corrected chi connectivity index (χ1v) is 7.65. The Bertz CT molecular complexity index is 789. The maximum atomic E-state index is 12.0. The number of carbonyl (C=O) groups is 1. The van der Waals surface area contributed by atoms with Gasteiger partial charge in [-0.1, -0.05) is 11.2 Å². The normalized spacial score (nSPS) is 10.5. The summed E-state index contributed by atoms with van der Waals surface area (Å²) in [4.78, 5) is 24.3. The predicted octanol–water partition coefficient (Wildman–Crippen LogP) is 2.26. The van der Waals surface area contributed by atoms with Crippen molar-refractivity contribution in [1.82, 2.24) is 25.4 Å². The summed E-state index contributed by atoms with van der Waals surface area (Å²) in [5, 5.41) is 6.51. The molecule has 0 bridgehead atoms. The van der Waals surface area contributed by atoms with Crippen LogP contribution < -0.4 is 5.32 Å². The van der Waals surface area contributed by atoms with Crippen molar-refractivity contribution in [3.05, 3.63) is 58.9 Å². The Kier molecular flexibility index (Phi) is 4.72. The van der Waals surface area contributed by atoms with Crippen molar-refractivity contribution in [2.45, 2.75) is 6.42 Å². The number of hydrogen-bond acceptors (Lipinski definition) is 6. The van der Waals surface area contributed by atoms with E-state index in [1.165, 1.54) is 0 Å². The van der Waals surface area contributed by atoms with Gasteiger partial charge in [-0.15, -0.1) is 0 Å². The van der Waals surface area contributed by atoms with Crippen LogP contribution in [0, 0.1) is 0 Å². The molecule has 8 heteroatoms. The Morgan fingerprint density at radius 3 is 2.87 bits per heavy atom. The Balaban J connectivity index is 1.59. The summed E-state index contributed by atoms with van der Waals surface area (Å²) in [6, 6.07) is 9.19. The highest BCUT2D eigenvalue weighted by Crippen LogP contribution is 2.16. The molecule has 0 unspecified atom stereocenters. The first kappa shape index (κ1) is 15.3. The van der Waals surface area contributed by atoms with Crippen LogP contribution in [0.25, 0.3) is 11.4 Å². The number of hydrogen-bond donors (Lipinski definition) is 1. The van der Waals surface area contributed by atoms with Gasteiger partial charge in [-0.2, -0.15) is 4.98 Å². The van der Waals surface area contributed by atoms with Crippen LogP contribution in [0.5, 0.6) is 0 Å². The van der Waals surface area contributed by atoms with Gasteiger partial charge in [0.25, 0.3) is 0 Å². The zero-order valence-electron chi connectivity index (χ0n) is 11.9. The third-order valence-corrected chi connectivity index (χ3v) is 3.47. The highest BCUT2D eigenvalue weighted by atomic mass is 79.9. The van der Waals surface area contributed by atoms with Gasteiger partial charge in [0.15, 0.2) is 0 Å². The first-order chi connectivity index (χ1) is 11.2. The Morgan fingerprint density at radius 2 is 2.13 bits per heavy atom. The van der Waals surface area contributed by atoms with E-state index in [1.54, 1.807) is 24.5 Å². The van der Waals surface area contributed by atoms with E-state index < -0.39 is 5.91 Å². The molecule has 0 saturated carbocycles. The van der Waals surface area contributed by atoms with Crippen LogP contribution in [0.1, 0.15) is 16.4 Å². The van der Waals surface area contributed by atoms with Gasteiger partial charge < -0.3 is 9.84 Å². The highest BCUT2D eigenvalue weighted by Gasteiger charge is 2.15. The summed E-state index contributed by atoms with van der Waals surface area (Å²) >= 11 is 3.25. The fourth-order valence-corrected chi connectivity index (χ4v) is 2.10. The monoisotopic (exact) mass is 373 g/mol. The lowest BCUT2D eigenvalue weighted by atomic mass is 10.3. The number of nitrogens with zero attached hydrogens (tertiary/aromatic N) is 4. The van der Waals surface area contributed by atoms with E-state index in [-0.39, 0.29) is 5.89 Å². The molecule has 0 aliphatic heterocycles. The second-order valence-electron chi connectivity index (χ2n) is 4.62. The molecule has 3 aromatic rings. The number of amides is 1. The fraction of sp³-hybridized carbons (Fsp3) is 0.133. The lowest BCUT2D eigenvalue weighted by molar-refractivity contribution is 0.0910. The maximum Gasteiger partial charge on any atom is 0.316 e. The van der Waals surface area contributed by atoms with Crippen LogP contribution in [-0.4, -0.2) is 32.6 Å². The van der Waals surface area contributed by atoms with E-state index in [2.05, 4.69) is 41.4 Å². The van der Waals surface area contributed by atoms with Crippen molar-refractivity contribution in [1.29, 1.82) is 0 Å². The van der Waals surface area contributed by atoms with Gasteiger partial charge in [0.2, 0.25) is 5.82 Å². The lowest BCUT2D eigenvalue weighted by Gasteiger charge is -2.01. The number of aromatic nitrogens is 4. The molecule has 0 atom stereocenters. The number of carbonyl (C=O) groups excluding carboxylic acids is 1. The van der Waals surface area contributed by atoms with Crippen molar-refractivity contribution < 1.29 is 9.32 Å². The first-order valence-electron chi connectivity index (χ1n) is 6.86. The topological polar surface area (TPSA) is 93.8 Å². The summed E-state index contributed by atoms with van der Waals surface area (Å²) < 4.78 is 5.69. The SMILES string of the molecule is O=C(NCCc1ccccn1)c1nc(-c2ccc(Br)nc2)no1. The van der Waals surface area contributed by atoms with E-state index in [1.807, 2.05) is 18.2 Å². The number of rotatable bonds is 5. The van der Waals surface area contributed by atoms with Crippen molar-refractivity contribution in [3.63, 3.8) is 0 Å². The average Bonchev–Trinajstić information content (AvgIpc) is 3.06. The Morgan fingerprint density at radius 1 is 1.22 bits per heavy atom. The summed E-state index contributed by atoms with van der Waals surface area (Å²) in [5.41, 5.74) is 1.57. The summed E-state index contributed by atoms with van der Waals surface area (Å²) in [6.45, 7) is 0.438. The van der Waals surface area contributed by atoms with Gasteiger partial charge >= 0.3 is 11.8 Å². The molecule has 0 aliphatic carbocycles. The van der Waals surface area contributed by atoms with E-state index >= 15 is 0 Å². The molecule has 23 heavy (non-hydrogen) atoms. The van der Waals surface area contributed by atoms with Crippen molar-refractivity contribution in [3.8, 4) is 11.4 Å². The summed E-state index contributed by atoms with van der Waals surface area (Å²) in [6.07, 6.45) is 3.94. The molecule has 3 aromatic heterocycles. The molecule has 0 aliphatic rings. The molecule has 7 nitrogen and oxygen atoms in total. The maximum absolute atomic E-state index is 12.0. The molecule has 0 saturated heterocycles. The largest absolute Gasteiger partial charge is 0.347 e. The minimum absolute atomic E-state index is 0.0797. The predicted molar refractivity (Wildman–Crippen MR) is 85.5 cm³/mol. The second kappa shape index (κ2) is 7.10. The molecule has 0 radical (unpaired) electrons. The Labute approximate surface area is 140 Å². The Hall–Kier alpha value is -2.61. The van der Waals surface area contributed by atoms with Gasteiger partial charge in [0.05, 0.1) is 0 Å². The average molecular weight is 374 g/mol. The van der Waals surface area contributed by atoms with E-state index in [4.69, 9.17) is 4.52 Å². The van der Waals surface area contributed by atoms with Gasteiger partial charge in [0, 0.05) is 36.6 Å². The minimum atomic E-state index is -0.412. The molecular weight excluding hydrogens is 362 g/mol. The molecule has 3 heterocycles. The van der Waals surface area contributed by atoms with Gasteiger partial charge in [-0.05, 0) is 40.2 Å². The van der Waals surface area contributed by atoms with Gasteiger partial charge in [0.1, 0.15) is 4.60 Å². The number of halogens is 1. The van der Waals surface area contributed by atoms with Crippen LogP contribution in [0.15, 0.2) is 51.9 Å². The van der Waals surface area contributed by atoms with Crippen LogP contribution >= 0.6 is 15.9 Å². The smallest absolute Gasteiger partial charge is 0.316 e. The molecule has 0 spiro atoms. The molecular formula is C15H12BrN5O2. The quantitative estimate of drug-likeness (QED) is 0.689. The molecule has 1 amide bonds. The van der Waals surface area contributed by atoms with Crippen LogP contribution in [0.2, 0.25) is 0 Å². The van der Waals surface area contributed by atoms with Crippen LogP contribution in [-0.2, 0) is 6.42 Å². The highest BCUT2D eigenvalue weighted by molar-refractivity contribution is 9.10. The van der Waals surface area contributed by atoms with E-state index in [9.17, 15) is 4.79 Å². The zero-order chi connectivity index (χ0) is 16.1. The third kappa shape index (κ3) is 3.98. The number of pyridine rings is 2. The molecule has 0 fully saturated rings. The summed E-state index contributed by atoms with van der Waals surface area (Å²) in [7, 11) is 0. The van der Waals surface area contributed by atoms with Crippen LogP contribution in [0.3, 0.4) is 0 Å². The van der Waals surface area contributed by atoms with Gasteiger partial charge in [-0.3, -0.25) is 9.78 Å². The van der Waals surface area contributed by atoms with Crippen molar-refractivity contribution >= 4 is 21.8 Å². The van der Waals surface area contributed by atoms with Gasteiger partial charge in [-0.25, -0.2) is 4.98 Å². The fourth-order valence-electron chi connectivity index (χ4n) is 1.87. The number of nitrogens with one attached hydrogen (secondary N) is 1. The molecule has 0 aromatic carbocycles. The van der Waals surface area contributed by atoms with E-state index in [0.29, 0.717) is 29.0 Å². The molecule has 116 valence electrons. The third-order valence-electron chi connectivity index (χ3n) is 3.00. The van der Waals surface area contributed by atoms with Crippen molar-refractivity contribution in [2.75, 3.05) is 6.54 Å². The van der Waals surface area contributed by atoms with E-state index in [0.717, 1.165) is 5.69 Å². The second-order valence-corrected chi connectivity index (χ2v) is 5.43. The minimum Gasteiger partial charge on any atom is -0.347 e. The van der Waals surface area contributed by atoms with Crippen molar-refractivity contribution in [2.24, 2.45) is 0 Å². The molecule has 1 N–H and O–H groups in total. The zero-order valence-corrected chi connectivity index (χ0v) is 13.5. The standard InChI is InChI=1S/C15H12BrN5O2/c16-12-5-4-10(9-19-12)13-20-15(23-21-13)14(22)18-8-6-11-3-1-2-7-17-11/h1-5,7,9H,6,8H2,(H,18,22). The molecule has 3 rings (SSSR count).